The van der Waals surface area contributed by atoms with Gasteiger partial charge in [0.05, 0.1) is 6.10 Å². The van der Waals surface area contributed by atoms with Gasteiger partial charge in [-0.15, -0.1) is 0 Å². The van der Waals surface area contributed by atoms with E-state index in [1.54, 1.807) is 12.3 Å². The quantitative estimate of drug-likeness (QED) is 0.814. The van der Waals surface area contributed by atoms with Crippen molar-refractivity contribution in [3.63, 3.8) is 0 Å². The summed E-state index contributed by atoms with van der Waals surface area (Å²) >= 11 is 0. The minimum Gasteiger partial charge on any atom is -0.488 e. The maximum Gasteiger partial charge on any atom is 0.165 e. The molecule has 0 aliphatic carbocycles. The fourth-order valence-corrected chi connectivity index (χ4v) is 2.86. The van der Waals surface area contributed by atoms with Crippen LogP contribution in [-0.4, -0.2) is 16.6 Å². The predicted molar refractivity (Wildman–Crippen MR) is 96.2 cm³/mol. The Labute approximate surface area is 145 Å². The highest BCUT2D eigenvalue weighted by molar-refractivity contribution is 7.84. The summed E-state index contributed by atoms with van der Waals surface area (Å²) in [6, 6.07) is 12.8. The van der Waals surface area contributed by atoms with Crippen LogP contribution >= 0.6 is 0 Å². The molecule has 0 saturated heterocycles. The lowest BCUT2D eigenvalue weighted by Gasteiger charge is -2.16. The topological polar surface area (TPSA) is 38.3 Å². The van der Waals surface area contributed by atoms with Gasteiger partial charge in [0.2, 0.25) is 0 Å². The Hall–Kier alpha value is -1.72. The van der Waals surface area contributed by atoms with Crippen molar-refractivity contribution in [3.05, 3.63) is 59.4 Å². The van der Waals surface area contributed by atoms with Crippen LogP contribution < -0.4 is 10.1 Å². The highest BCUT2D eigenvalue weighted by atomic mass is 32.2. The van der Waals surface area contributed by atoms with Gasteiger partial charge in [-0.3, -0.25) is 4.21 Å². The van der Waals surface area contributed by atoms with Crippen LogP contribution in [0.3, 0.4) is 0 Å². The van der Waals surface area contributed by atoms with E-state index in [9.17, 15) is 8.60 Å². The average Bonchev–Trinajstić information content (AvgIpc) is 2.54. The molecule has 0 amide bonds. The van der Waals surface area contributed by atoms with E-state index in [1.165, 1.54) is 6.07 Å². The van der Waals surface area contributed by atoms with Gasteiger partial charge in [0, 0.05) is 34.5 Å². The third-order valence-corrected chi connectivity index (χ3v) is 4.62. The lowest BCUT2D eigenvalue weighted by atomic mass is 10.1. The van der Waals surface area contributed by atoms with Gasteiger partial charge in [-0.05, 0) is 56.2 Å². The predicted octanol–water partition coefficient (Wildman–Crippen LogP) is 4.20. The van der Waals surface area contributed by atoms with E-state index in [1.807, 2.05) is 51.1 Å². The zero-order valence-electron chi connectivity index (χ0n) is 14.5. The second-order valence-electron chi connectivity index (χ2n) is 6.06. The number of hydrogen-bond acceptors (Lipinski definition) is 3. The van der Waals surface area contributed by atoms with Crippen LogP contribution in [0.5, 0.6) is 5.75 Å². The standard InChI is InChI=1S/C19H24FNO2S/c1-13(2)23-19-10-5-15(11-18(19)20)12-21-14(3)16-6-8-17(9-7-16)24(4)22/h5-11,13-14,21H,12H2,1-4H3/t14-,24-/m0/s1. The Morgan fingerprint density at radius 2 is 1.79 bits per heavy atom. The normalized spacial score (nSPS) is 13.8. The average molecular weight is 349 g/mol. The fraction of sp³-hybridized carbons (Fsp3) is 0.368. The van der Waals surface area contributed by atoms with Crippen molar-refractivity contribution in [1.29, 1.82) is 0 Å². The molecule has 0 aliphatic heterocycles. The molecule has 24 heavy (non-hydrogen) atoms. The third-order valence-electron chi connectivity index (χ3n) is 3.68. The lowest BCUT2D eigenvalue weighted by molar-refractivity contribution is 0.231. The molecule has 0 saturated carbocycles. The maximum absolute atomic E-state index is 14.0. The summed E-state index contributed by atoms with van der Waals surface area (Å²) in [5, 5.41) is 3.37. The molecule has 3 nitrogen and oxygen atoms in total. The fourth-order valence-electron chi connectivity index (χ4n) is 2.34. The number of ether oxygens (including phenoxy) is 1. The second-order valence-corrected chi connectivity index (χ2v) is 7.44. The molecule has 0 aromatic heterocycles. The van der Waals surface area contributed by atoms with Gasteiger partial charge in [0.15, 0.2) is 11.6 Å². The zero-order valence-corrected chi connectivity index (χ0v) is 15.3. The Morgan fingerprint density at radius 3 is 2.33 bits per heavy atom. The van der Waals surface area contributed by atoms with E-state index < -0.39 is 10.8 Å². The van der Waals surface area contributed by atoms with Crippen LogP contribution in [0.4, 0.5) is 4.39 Å². The van der Waals surface area contributed by atoms with Gasteiger partial charge in [-0.1, -0.05) is 18.2 Å². The Morgan fingerprint density at radius 1 is 1.12 bits per heavy atom. The van der Waals surface area contributed by atoms with Crippen LogP contribution in [0, 0.1) is 5.82 Å². The van der Waals surface area contributed by atoms with Crippen molar-refractivity contribution >= 4 is 10.8 Å². The number of benzene rings is 2. The summed E-state index contributed by atoms with van der Waals surface area (Å²) in [7, 11) is -0.967. The molecule has 0 unspecified atom stereocenters. The first-order valence-corrected chi connectivity index (χ1v) is 9.54. The van der Waals surface area contributed by atoms with Crippen LogP contribution in [0.2, 0.25) is 0 Å². The van der Waals surface area contributed by atoms with E-state index in [4.69, 9.17) is 4.74 Å². The smallest absolute Gasteiger partial charge is 0.165 e. The molecule has 2 rings (SSSR count). The molecule has 2 atom stereocenters. The largest absolute Gasteiger partial charge is 0.488 e. The molecule has 1 N–H and O–H groups in total. The monoisotopic (exact) mass is 349 g/mol. The molecule has 0 heterocycles. The zero-order chi connectivity index (χ0) is 17.7. The Bertz CT molecular complexity index is 701. The summed E-state index contributed by atoms with van der Waals surface area (Å²) < 4.78 is 30.8. The van der Waals surface area contributed by atoms with Gasteiger partial charge < -0.3 is 10.1 Å². The first kappa shape index (κ1) is 18.6. The van der Waals surface area contributed by atoms with Crippen LogP contribution in [-0.2, 0) is 17.3 Å². The van der Waals surface area contributed by atoms with Crippen LogP contribution in [0.25, 0.3) is 0 Å². The molecular weight excluding hydrogens is 325 g/mol. The molecule has 0 aliphatic rings. The van der Waals surface area contributed by atoms with Gasteiger partial charge in [0.1, 0.15) is 0 Å². The number of rotatable bonds is 7. The Kier molecular flexibility index (Phi) is 6.52. The molecule has 5 heteroatoms. The Balaban J connectivity index is 1.97. The third kappa shape index (κ3) is 5.14. The summed E-state index contributed by atoms with van der Waals surface area (Å²) in [5.74, 6) is -0.0598. The molecule has 0 radical (unpaired) electrons. The molecule has 0 fully saturated rings. The minimum atomic E-state index is -0.967. The molecule has 130 valence electrons. The highest BCUT2D eigenvalue weighted by Gasteiger charge is 2.09. The first-order chi connectivity index (χ1) is 11.4. The van der Waals surface area contributed by atoms with Crippen molar-refractivity contribution in [3.8, 4) is 5.75 Å². The molecule has 2 aromatic rings. The van der Waals surface area contributed by atoms with Crippen molar-refractivity contribution < 1.29 is 13.3 Å². The van der Waals surface area contributed by atoms with E-state index >= 15 is 0 Å². The van der Waals surface area contributed by atoms with E-state index in [0.29, 0.717) is 6.54 Å². The van der Waals surface area contributed by atoms with Gasteiger partial charge in [-0.25, -0.2) is 4.39 Å². The summed E-state index contributed by atoms with van der Waals surface area (Å²) in [6.45, 7) is 6.35. The van der Waals surface area contributed by atoms with Crippen molar-refractivity contribution in [2.45, 2.75) is 44.4 Å². The second kappa shape index (κ2) is 8.40. The van der Waals surface area contributed by atoms with E-state index in [2.05, 4.69) is 5.32 Å². The number of hydrogen-bond donors (Lipinski definition) is 1. The number of nitrogens with one attached hydrogen (secondary N) is 1. The van der Waals surface area contributed by atoms with Gasteiger partial charge in [-0.2, -0.15) is 0 Å². The molecular formula is C19H24FNO2S. The number of halogens is 1. The van der Waals surface area contributed by atoms with Gasteiger partial charge in [0.25, 0.3) is 0 Å². The molecule has 0 spiro atoms. The van der Waals surface area contributed by atoms with Crippen LogP contribution in [0.15, 0.2) is 47.4 Å². The summed E-state index contributed by atoms with van der Waals surface area (Å²) in [4.78, 5) is 0.814. The van der Waals surface area contributed by atoms with Crippen molar-refractivity contribution in [2.24, 2.45) is 0 Å². The van der Waals surface area contributed by atoms with Gasteiger partial charge >= 0.3 is 0 Å². The van der Waals surface area contributed by atoms with Crippen molar-refractivity contribution in [2.75, 3.05) is 6.26 Å². The summed E-state index contributed by atoms with van der Waals surface area (Å²) in [5.41, 5.74) is 1.96. The molecule has 2 aromatic carbocycles. The maximum atomic E-state index is 14.0. The van der Waals surface area contributed by atoms with Crippen LogP contribution in [0.1, 0.15) is 37.9 Å². The SMILES string of the molecule is CC(C)Oc1ccc(CN[C@@H](C)c2ccc([S@](C)=O)cc2)cc1F. The first-order valence-electron chi connectivity index (χ1n) is 7.98. The highest BCUT2D eigenvalue weighted by Crippen LogP contribution is 2.21. The minimum absolute atomic E-state index is 0.0519. The van der Waals surface area contributed by atoms with E-state index in [0.717, 1.165) is 16.0 Å². The molecule has 0 bridgehead atoms. The van der Waals surface area contributed by atoms with E-state index in [-0.39, 0.29) is 23.7 Å². The summed E-state index contributed by atoms with van der Waals surface area (Å²) in [6.07, 6.45) is 1.61. The van der Waals surface area contributed by atoms with Crippen molar-refractivity contribution in [1.82, 2.24) is 5.32 Å². The lowest BCUT2D eigenvalue weighted by Crippen LogP contribution is -2.18.